The van der Waals surface area contributed by atoms with Crippen LogP contribution in [0.25, 0.3) is 16.8 Å². The Labute approximate surface area is 175 Å². The van der Waals surface area contributed by atoms with E-state index in [1.807, 2.05) is 0 Å². The summed E-state index contributed by atoms with van der Waals surface area (Å²) in [6.45, 7) is 1.75. The predicted octanol–water partition coefficient (Wildman–Crippen LogP) is 4.11. The van der Waals surface area contributed by atoms with Gasteiger partial charge in [-0.3, -0.25) is 4.72 Å². The summed E-state index contributed by atoms with van der Waals surface area (Å²) in [5.41, 5.74) is 7.94. The summed E-state index contributed by atoms with van der Waals surface area (Å²) in [7, 11) is -4.22. The molecule has 0 aliphatic rings. The van der Waals surface area contributed by atoms with E-state index in [1.54, 1.807) is 37.5 Å². The van der Waals surface area contributed by atoms with Crippen LogP contribution in [0.2, 0.25) is 0 Å². The van der Waals surface area contributed by atoms with Crippen molar-refractivity contribution in [1.82, 2.24) is 14.6 Å². The van der Waals surface area contributed by atoms with Crippen LogP contribution in [0, 0.1) is 6.92 Å². The van der Waals surface area contributed by atoms with Gasteiger partial charge in [0, 0.05) is 23.5 Å². The number of halogens is 3. The lowest BCUT2D eigenvalue weighted by molar-refractivity contribution is -0.137. The maximum atomic E-state index is 12.9. The van der Waals surface area contributed by atoms with E-state index >= 15 is 0 Å². The van der Waals surface area contributed by atoms with Gasteiger partial charge < -0.3 is 5.73 Å². The number of nitrogens with two attached hydrogens (primary N) is 1. The smallest absolute Gasteiger partial charge is 0.383 e. The Bertz CT molecular complexity index is 1400. The van der Waals surface area contributed by atoms with Crippen LogP contribution in [0.1, 0.15) is 11.1 Å². The number of rotatable bonds is 4. The number of fused-ring (bicyclic) bond motifs is 1. The van der Waals surface area contributed by atoms with Crippen molar-refractivity contribution in [3.05, 3.63) is 72.1 Å². The SMILES string of the molecule is Cc1cc(NS(=O)(=O)c2cccc(C(F)(F)F)c2)ccc1-c1cnc2ccnn2c1N. The second kappa shape index (κ2) is 7.27. The van der Waals surface area contributed by atoms with Gasteiger partial charge in [0.15, 0.2) is 5.65 Å². The number of benzene rings is 2. The third kappa shape index (κ3) is 3.91. The zero-order valence-electron chi connectivity index (χ0n) is 16.1. The highest BCUT2D eigenvalue weighted by Crippen LogP contribution is 2.32. The molecule has 0 fully saturated rings. The predicted molar refractivity (Wildman–Crippen MR) is 110 cm³/mol. The van der Waals surface area contributed by atoms with Crippen LogP contribution in [0.3, 0.4) is 0 Å². The molecule has 2 aromatic carbocycles. The van der Waals surface area contributed by atoms with Gasteiger partial charge >= 0.3 is 6.18 Å². The minimum absolute atomic E-state index is 0.199. The minimum atomic E-state index is -4.65. The van der Waals surface area contributed by atoms with Crippen LogP contribution in [0.5, 0.6) is 0 Å². The first-order chi connectivity index (χ1) is 14.6. The summed E-state index contributed by atoms with van der Waals surface area (Å²) in [4.78, 5) is 3.80. The number of nitrogens with one attached hydrogen (secondary N) is 1. The minimum Gasteiger partial charge on any atom is -0.383 e. The van der Waals surface area contributed by atoms with Crippen molar-refractivity contribution in [2.45, 2.75) is 18.0 Å². The highest BCUT2D eigenvalue weighted by molar-refractivity contribution is 7.92. The van der Waals surface area contributed by atoms with E-state index in [0.29, 0.717) is 34.2 Å². The van der Waals surface area contributed by atoms with Crippen molar-refractivity contribution in [3.8, 4) is 11.1 Å². The summed E-state index contributed by atoms with van der Waals surface area (Å²) < 4.78 is 67.7. The second-order valence-corrected chi connectivity index (χ2v) is 8.50. The van der Waals surface area contributed by atoms with Crippen LogP contribution in [-0.2, 0) is 16.2 Å². The molecule has 0 aliphatic heterocycles. The molecule has 0 spiro atoms. The molecule has 0 atom stereocenters. The van der Waals surface area contributed by atoms with Crippen LogP contribution in [0.4, 0.5) is 24.7 Å². The monoisotopic (exact) mass is 447 g/mol. The molecule has 0 saturated heterocycles. The van der Waals surface area contributed by atoms with Gasteiger partial charge in [-0.15, -0.1) is 0 Å². The zero-order valence-corrected chi connectivity index (χ0v) is 16.9. The fourth-order valence-electron chi connectivity index (χ4n) is 3.18. The summed E-state index contributed by atoms with van der Waals surface area (Å²) in [6, 6.07) is 9.98. The summed E-state index contributed by atoms with van der Waals surface area (Å²) >= 11 is 0. The van der Waals surface area contributed by atoms with Crippen molar-refractivity contribution in [1.29, 1.82) is 0 Å². The normalized spacial score (nSPS) is 12.3. The Hall–Kier alpha value is -3.60. The van der Waals surface area contributed by atoms with Crippen molar-refractivity contribution < 1.29 is 21.6 Å². The molecule has 3 N–H and O–H groups in total. The topological polar surface area (TPSA) is 102 Å². The molecule has 160 valence electrons. The molecule has 7 nitrogen and oxygen atoms in total. The Morgan fingerprint density at radius 1 is 1.06 bits per heavy atom. The van der Waals surface area contributed by atoms with E-state index in [0.717, 1.165) is 18.2 Å². The van der Waals surface area contributed by atoms with Gasteiger partial charge in [0.1, 0.15) is 5.82 Å². The van der Waals surface area contributed by atoms with Crippen molar-refractivity contribution in [2.24, 2.45) is 0 Å². The average molecular weight is 447 g/mol. The van der Waals surface area contributed by atoms with Gasteiger partial charge in [0.25, 0.3) is 10.0 Å². The molecule has 0 amide bonds. The number of nitrogen functional groups attached to an aromatic ring is 1. The van der Waals surface area contributed by atoms with Gasteiger partial charge in [-0.1, -0.05) is 12.1 Å². The Balaban J connectivity index is 1.66. The fourth-order valence-corrected chi connectivity index (χ4v) is 4.28. The Kier molecular flexibility index (Phi) is 4.85. The largest absolute Gasteiger partial charge is 0.416 e. The van der Waals surface area contributed by atoms with Gasteiger partial charge in [-0.25, -0.2) is 13.4 Å². The number of sulfonamides is 1. The van der Waals surface area contributed by atoms with Gasteiger partial charge in [0.2, 0.25) is 0 Å². The van der Waals surface area contributed by atoms with Crippen molar-refractivity contribution >= 4 is 27.2 Å². The highest BCUT2D eigenvalue weighted by atomic mass is 32.2. The first-order valence-corrected chi connectivity index (χ1v) is 10.4. The van der Waals surface area contributed by atoms with E-state index in [-0.39, 0.29) is 5.69 Å². The number of aryl methyl sites for hydroxylation is 1. The molecule has 2 aromatic heterocycles. The van der Waals surface area contributed by atoms with E-state index < -0.39 is 26.7 Å². The molecule has 4 rings (SSSR count). The number of anilines is 2. The number of nitrogens with zero attached hydrogens (tertiary/aromatic N) is 3. The maximum Gasteiger partial charge on any atom is 0.416 e. The Morgan fingerprint density at radius 2 is 1.84 bits per heavy atom. The first kappa shape index (κ1) is 20.7. The number of hydrogen-bond donors (Lipinski definition) is 2. The molecule has 31 heavy (non-hydrogen) atoms. The number of alkyl halides is 3. The standard InChI is InChI=1S/C20H16F3N5O2S/c1-12-9-14(27-31(29,30)15-4-2-3-13(10-15)20(21,22)23)5-6-16(12)17-11-25-18-7-8-26-28(18)19(17)24/h2-11,27H,24H2,1H3. The highest BCUT2D eigenvalue weighted by Gasteiger charge is 2.31. The molecule has 0 unspecified atom stereocenters. The molecular weight excluding hydrogens is 431 g/mol. The molecule has 0 saturated carbocycles. The molecule has 2 heterocycles. The second-order valence-electron chi connectivity index (χ2n) is 6.82. The van der Waals surface area contributed by atoms with E-state index in [4.69, 9.17) is 5.73 Å². The quantitative estimate of drug-likeness (QED) is 0.490. The fraction of sp³-hybridized carbons (Fsp3) is 0.100. The molecule has 4 aromatic rings. The Morgan fingerprint density at radius 3 is 2.55 bits per heavy atom. The van der Waals surface area contributed by atoms with Crippen LogP contribution >= 0.6 is 0 Å². The zero-order chi connectivity index (χ0) is 22.4. The molecule has 0 radical (unpaired) electrons. The molecule has 0 bridgehead atoms. The van der Waals surface area contributed by atoms with Crippen LogP contribution in [0.15, 0.2) is 65.8 Å². The lowest BCUT2D eigenvalue weighted by Crippen LogP contribution is -2.14. The van der Waals surface area contributed by atoms with E-state index in [2.05, 4.69) is 14.8 Å². The first-order valence-electron chi connectivity index (χ1n) is 8.95. The molecule has 0 aliphatic carbocycles. The van der Waals surface area contributed by atoms with Gasteiger partial charge in [0.05, 0.1) is 16.7 Å². The third-order valence-electron chi connectivity index (χ3n) is 4.69. The van der Waals surface area contributed by atoms with Crippen molar-refractivity contribution in [3.63, 3.8) is 0 Å². The molecular formula is C20H16F3N5O2S. The summed E-state index contributed by atoms with van der Waals surface area (Å²) in [5.74, 6) is 0.371. The van der Waals surface area contributed by atoms with Gasteiger partial charge in [-0.05, 0) is 48.4 Å². The van der Waals surface area contributed by atoms with E-state index in [1.165, 1.54) is 10.6 Å². The third-order valence-corrected chi connectivity index (χ3v) is 6.07. The summed E-state index contributed by atoms with van der Waals surface area (Å²) in [5, 5.41) is 4.12. The lowest BCUT2D eigenvalue weighted by Gasteiger charge is -2.14. The average Bonchev–Trinajstić information content (AvgIpc) is 3.18. The number of hydrogen-bond acceptors (Lipinski definition) is 5. The maximum absolute atomic E-state index is 12.9. The lowest BCUT2D eigenvalue weighted by atomic mass is 10.0. The molecule has 11 heteroatoms. The van der Waals surface area contributed by atoms with Crippen molar-refractivity contribution in [2.75, 3.05) is 10.5 Å². The summed E-state index contributed by atoms with van der Waals surface area (Å²) in [6.07, 6.45) is -1.48. The van der Waals surface area contributed by atoms with Crippen LogP contribution < -0.4 is 10.5 Å². The number of aromatic nitrogens is 3. The van der Waals surface area contributed by atoms with Gasteiger partial charge in [-0.2, -0.15) is 22.8 Å². The van der Waals surface area contributed by atoms with E-state index in [9.17, 15) is 21.6 Å². The van der Waals surface area contributed by atoms with Crippen LogP contribution in [-0.4, -0.2) is 23.0 Å².